The lowest BCUT2D eigenvalue weighted by Crippen LogP contribution is -1.99. The minimum atomic E-state index is -1.09. The van der Waals surface area contributed by atoms with Gasteiger partial charge in [-0.3, -0.25) is 0 Å². The zero-order chi connectivity index (χ0) is 5.91. The van der Waals surface area contributed by atoms with Crippen LogP contribution in [0.5, 0.6) is 0 Å². The maximum Gasteiger partial charge on any atom is 0.190 e. The van der Waals surface area contributed by atoms with Gasteiger partial charge in [-0.1, -0.05) is 41.7 Å². The van der Waals surface area contributed by atoms with Crippen LogP contribution in [0.2, 0.25) is 0 Å². The first-order valence-electron chi connectivity index (χ1n) is 1.91. The summed E-state index contributed by atoms with van der Waals surface area (Å²) in [6, 6.07) is 0. The summed E-state index contributed by atoms with van der Waals surface area (Å²) in [6.07, 6.45) is 2.32. The predicted molar refractivity (Wildman–Crippen MR) is 34.9 cm³/mol. The SMILES string of the molecule is C[CH]CC(Cl)(Cl)Cl. The molecule has 0 aromatic carbocycles. The second-order valence-electron chi connectivity index (χ2n) is 1.23. The van der Waals surface area contributed by atoms with Crippen LogP contribution < -0.4 is 0 Å². The maximum atomic E-state index is 5.33. The van der Waals surface area contributed by atoms with Gasteiger partial charge in [0, 0.05) is 0 Å². The van der Waals surface area contributed by atoms with Crippen molar-refractivity contribution in [3.63, 3.8) is 0 Å². The lowest BCUT2D eigenvalue weighted by Gasteiger charge is -2.05. The maximum absolute atomic E-state index is 5.33. The fourth-order valence-corrected chi connectivity index (χ4v) is 0.694. The number of alkyl halides is 3. The molecule has 0 aliphatic rings. The predicted octanol–water partition coefficient (Wildman–Crippen LogP) is 2.97. The molecular formula is C4H6Cl3. The first-order valence-corrected chi connectivity index (χ1v) is 3.04. The van der Waals surface area contributed by atoms with E-state index < -0.39 is 3.79 Å². The summed E-state index contributed by atoms with van der Waals surface area (Å²) in [4.78, 5) is 0. The molecule has 0 atom stereocenters. The Hall–Kier alpha value is 0.870. The molecule has 43 valence electrons. The van der Waals surface area contributed by atoms with Crippen molar-refractivity contribution in [1.29, 1.82) is 0 Å². The van der Waals surface area contributed by atoms with E-state index in [0.29, 0.717) is 6.42 Å². The quantitative estimate of drug-likeness (QED) is 0.517. The minimum absolute atomic E-state index is 0.512. The van der Waals surface area contributed by atoms with E-state index in [-0.39, 0.29) is 0 Å². The average Bonchev–Trinajstić information content (AvgIpc) is 1.30. The fraction of sp³-hybridized carbons (Fsp3) is 0.750. The molecule has 0 rings (SSSR count). The van der Waals surface area contributed by atoms with E-state index in [1.807, 2.05) is 13.3 Å². The molecule has 0 aliphatic carbocycles. The molecule has 0 saturated heterocycles. The van der Waals surface area contributed by atoms with E-state index in [2.05, 4.69) is 0 Å². The summed E-state index contributed by atoms with van der Waals surface area (Å²) in [5.74, 6) is 0. The Morgan fingerprint density at radius 3 is 1.86 bits per heavy atom. The van der Waals surface area contributed by atoms with Crippen molar-refractivity contribution < 1.29 is 0 Å². The van der Waals surface area contributed by atoms with Gasteiger partial charge in [0.05, 0.1) is 0 Å². The van der Waals surface area contributed by atoms with Gasteiger partial charge in [-0.15, -0.1) is 0 Å². The van der Waals surface area contributed by atoms with Gasteiger partial charge in [0.2, 0.25) is 0 Å². The summed E-state index contributed by atoms with van der Waals surface area (Å²) in [5.41, 5.74) is 0. The van der Waals surface area contributed by atoms with Crippen LogP contribution in [0, 0.1) is 6.42 Å². The molecule has 0 heterocycles. The lowest BCUT2D eigenvalue weighted by molar-refractivity contribution is 0.989. The third-order valence-electron chi connectivity index (χ3n) is 0.436. The largest absolute Gasteiger partial charge is 0.190 e. The van der Waals surface area contributed by atoms with Crippen LogP contribution in [0.15, 0.2) is 0 Å². The second kappa shape index (κ2) is 3.01. The average molecular weight is 160 g/mol. The molecule has 0 aliphatic heterocycles. The molecule has 0 N–H and O–H groups in total. The first kappa shape index (κ1) is 7.87. The summed E-state index contributed by atoms with van der Waals surface area (Å²) in [6.45, 7) is 1.85. The van der Waals surface area contributed by atoms with Gasteiger partial charge in [0.15, 0.2) is 3.79 Å². The molecule has 3 heteroatoms. The van der Waals surface area contributed by atoms with Crippen LogP contribution in [0.4, 0.5) is 0 Å². The van der Waals surface area contributed by atoms with Crippen molar-refractivity contribution in [2.75, 3.05) is 0 Å². The first-order chi connectivity index (χ1) is 3.06. The van der Waals surface area contributed by atoms with E-state index in [1.165, 1.54) is 0 Å². The highest BCUT2D eigenvalue weighted by atomic mass is 35.6. The van der Waals surface area contributed by atoms with E-state index in [4.69, 9.17) is 34.8 Å². The molecule has 0 spiro atoms. The smallest absolute Gasteiger partial charge is 0.0837 e. The molecule has 0 nitrogen and oxygen atoms in total. The standard InChI is InChI=1S/C4H6Cl3/c1-2-3-4(5,6)7/h2H,3H2,1H3. The van der Waals surface area contributed by atoms with Crippen LogP contribution in [0.1, 0.15) is 13.3 Å². The van der Waals surface area contributed by atoms with Gasteiger partial charge in [-0.25, -0.2) is 0 Å². The van der Waals surface area contributed by atoms with E-state index in [0.717, 1.165) is 0 Å². The molecule has 0 aromatic heterocycles. The van der Waals surface area contributed by atoms with Crippen LogP contribution in [0.3, 0.4) is 0 Å². The lowest BCUT2D eigenvalue weighted by atomic mass is 10.4. The molecule has 1 radical (unpaired) electrons. The van der Waals surface area contributed by atoms with Crippen molar-refractivity contribution in [2.24, 2.45) is 0 Å². The molecule has 0 amide bonds. The zero-order valence-electron chi connectivity index (χ0n) is 3.92. The molecule has 0 unspecified atom stereocenters. The van der Waals surface area contributed by atoms with Gasteiger partial charge in [0.25, 0.3) is 0 Å². The number of hydrogen-bond acceptors (Lipinski definition) is 0. The molecule has 0 bridgehead atoms. The van der Waals surface area contributed by atoms with Crippen molar-refractivity contribution in [2.45, 2.75) is 17.1 Å². The normalized spacial score (nSPS) is 12.0. The van der Waals surface area contributed by atoms with Gasteiger partial charge < -0.3 is 0 Å². The Morgan fingerprint density at radius 1 is 1.43 bits per heavy atom. The second-order valence-corrected chi connectivity index (χ2v) is 3.74. The molecule has 7 heavy (non-hydrogen) atoms. The number of hydrogen-bond donors (Lipinski definition) is 0. The van der Waals surface area contributed by atoms with Crippen LogP contribution in [-0.4, -0.2) is 3.79 Å². The molecule has 0 saturated carbocycles. The van der Waals surface area contributed by atoms with Crippen molar-refractivity contribution >= 4 is 34.8 Å². The van der Waals surface area contributed by atoms with Gasteiger partial charge >= 0.3 is 0 Å². The highest BCUT2D eigenvalue weighted by Gasteiger charge is 2.16. The van der Waals surface area contributed by atoms with Gasteiger partial charge in [-0.2, -0.15) is 0 Å². The number of rotatable bonds is 1. The Kier molecular flexibility index (Phi) is 3.38. The van der Waals surface area contributed by atoms with E-state index in [1.54, 1.807) is 0 Å². The Balaban J connectivity index is 3.15. The number of halogens is 3. The van der Waals surface area contributed by atoms with Crippen molar-refractivity contribution in [3.8, 4) is 0 Å². The van der Waals surface area contributed by atoms with E-state index in [9.17, 15) is 0 Å². The molecule has 0 aromatic rings. The van der Waals surface area contributed by atoms with Crippen LogP contribution in [0.25, 0.3) is 0 Å². The summed E-state index contributed by atoms with van der Waals surface area (Å²) in [5, 5.41) is 0. The van der Waals surface area contributed by atoms with E-state index >= 15 is 0 Å². The fourth-order valence-electron chi connectivity index (χ4n) is 0.231. The van der Waals surface area contributed by atoms with Crippen LogP contribution >= 0.6 is 34.8 Å². The third-order valence-corrected chi connectivity index (χ3v) is 0.898. The highest BCUT2D eigenvalue weighted by Crippen LogP contribution is 2.30. The van der Waals surface area contributed by atoms with Crippen LogP contribution in [-0.2, 0) is 0 Å². The highest BCUT2D eigenvalue weighted by molar-refractivity contribution is 6.67. The summed E-state index contributed by atoms with van der Waals surface area (Å²) in [7, 11) is 0. The summed E-state index contributed by atoms with van der Waals surface area (Å²) >= 11 is 16.0. The minimum Gasteiger partial charge on any atom is -0.0837 e. The molecule has 0 fully saturated rings. The summed E-state index contributed by atoms with van der Waals surface area (Å²) < 4.78 is -1.09. The Morgan fingerprint density at radius 2 is 1.86 bits per heavy atom. The van der Waals surface area contributed by atoms with Gasteiger partial charge in [0.1, 0.15) is 0 Å². The van der Waals surface area contributed by atoms with Gasteiger partial charge in [-0.05, 0) is 12.8 Å². The Bertz CT molecular complexity index is 45.4. The van der Waals surface area contributed by atoms with Crippen molar-refractivity contribution in [1.82, 2.24) is 0 Å². The Labute approximate surface area is 58.7 Å². The third kappa shape index (κ3) is 6.87. The molecular weight excluding hydrogens is 154 g/mol. The topological polar surface area (TPSA) is 0 Å². The van der Waals surface area contributed by atoms with Crippen molar-refractivity contribution in [3.05, 3.63) is 6.42 Å². The zero-order valence-corrected chi connectivity index (χ0v) is 6.19. The monoisotopic (exact) mass is 159 g/mol.